The van der Waals surface area contributed by atoms with Crippen LogP contribution in [0.3, 0.4) is 0 Å². The maximum atomic E-state index is 11.0. The molecule has 1 heterocycles. The Morgan fingerprint density at radius 2 is 1.69 bits per heavy atom. The highest BCUT2D eigenvalue weighted by molar-refractivity contribution is 5.64. The molecule has 0 aliphatic heterocycles. The van der Waals surface area contributed by atoms with Gasteiger partial charge < -0.3 is 4.42 Å². The molecule has 0 saturated heterocycles. The minimum absolute atomic E-state index is 0.0115. The molecule has 1 aromatic rings. The van der Waals surface area contributed by atoms with Crippen molar-refractivity contribution in [2.75, 3.05) is 0 Å². The maximum Gasteiger partial charge on any atom is 0.336 e. The number of allylic oxidation sites excluding steroid dienone is 2. The lowest BCUT2D eigenvalue weighted by Crippen LogP contribution is -2.00. The highest BCUT2D eigenvalue weighted by atomic mass is 16.4. The van der Waals surface area contributed by atoms with E-state index in [4.69, 9.17) is 4.42 Å². The Morgan fingerprint density at radius 1 is 1.06 bits per heavy atom. The van der Waals surface area contributed by atoms with Crippen LogP contribution in [0.5, 0.6) is 0 Å². The molecule has 0 fully saturated rings. The third-order valence-electron chi connectivity index (χ3n) is 2.25. The molecule has 2 heteroatoms. The van der Waals surface area contributed by atoms with Crippen LogP contribution in [0.15, 0.2) is 33.5 Å². The summed E-state index contributed by atoms with van der Waals surface area (Å²) in [6, 6.07) is 3.22. The highest BCUT2D eigenvalue weighted by Crippen LogP contribution is 2.26. The van der Waals surface area contributed by atoms with Crippen molar-refractivity contribution in [3.63, 3.8) is 0 Å². The smallest absolute Gasteiger partial charge is 0.336 e. The summed E-state index contributed by atoms with van der Waals surface area (Å²) >= 11 is 0. The molecule has 0 amide bonds. The second kappa shape index (κ2) is 4.97. The molecule has 0 atom stereocenters. The molecule has 0 spiro atoms. The quantitative estimate of drug-likeness (QED) is 0.664. The van der Waals surface area contributed by atoms with Crippen molar-refractivity contribution in [3.05, 3.63) is 46.0 Å². The molecule has 1 aromatic heterocycles. The van der Waals surface area contributed by atoms with Gasteiger partial charge in [-0.25, -0.2) is 4.79 Å². The second-order valence-corrected chi connectivity index (χ2v) is 4.06. The van der Waals surface area contributed by atoms with Gasteiger partial charge in [-0.15, -0.1) is 0 Å². The molecule has 0 N–H and O–H groups in total. The first-order valence-electron chi connectivity index (χ1n) is 5.59. The molecule has 0 bridgehead atoms. The molecule has 2 rings (SSSR count). The lowest BCUT2D eigenvalue weighted by Gasteiger charge is -2.11. The Labute approximate surface area is 96.3 Å². The Balaban J connectivity index is 0.000000606. The fraction of sp³-hybridized carbons (Fsp3) is 0.357. The SMILES string of the molecule is CC.CC1(C)C=Cc2ccc(=O)oc2C=C1. The molecular formula is C14H18O2. The Kier molecular flexibility index (Phi) is 3.88. The summed E-state index contributed by atoms with van der Waals surface area (Å²) < 4.78 is 5.08. The van der Waals surface area contributed by atoms with Crippen LogP contribution in [-0.4, -0.2) is 0 Å². The summed E-state index contributed by atoms with van der Waals surface area (Å²) in [6.45, 7) is 8.20. The average molecular weight is 218 g/mol. The maximum absolute atomic E-state index is 11.0. The van der Waals surface area contributed by atoms with E-state index < -0.39 is 0 Å². The van der Waals surface area contributed by atoms with Crippen LogP contribution in [-0.2, 0) is 0 Å². The van der Waals surface area contributed by atoms with Gasteiger partial charge in [-0.2, -0.15) is 0 Å². The van der Waals surface area contributed by atoms with Gasteiger partial charge in [0.1, 0.15) is 5.76 Å². The lowest BCUT2D eigenvalue weighted by atomic mass is 9.93. The fourth-order valence-corrected chi connectivity index (χ4v) is 1.36. The standard InChI is InChI=1S/C12H12O2.C2H6/c1-12(2)7-5-9-3-4-11(13)14-10(9)6-8-12;1-2/h3-8H,1-2H3;1-2H3. The van der Waals surface area contributed by atoms with E-state index in [1.807, 2.05) is 32.1 Å². The van der Waals surface area contributed by atoms with Crippen LogP contribution in [0, 0.1) is 5.41 Å². The molecule has 0 radical (unpaired) electrons. The van der Waals surface area contributed by atoms with E-state index in [1.165, 1.54) is 6.07 Å². The van der Waals surface area contributed by atoms with Gasteiger partial charge in [0.25, 0.3) is 0 Å². The zero-order valence-electron chi connectivity index (χ0n) is 10.3. The summed E-state index contributed by atoms with van der Waals surface area (Å²) in [5, 5.41) is 0. The van der Waals surface area contributed by atoms with Crippen LogP contribution in [0.1, 0.15) is 39.0 Å². The summed E-state index contributed by atoms with van der Waals surface area (Å²) in [6.07, 6.45) is 7.96. The van der Waals surface area contributed by atoms with Crippen LogP contribution in [0.2, 0.25) is 0 Å². The van der Waals surface area contributed by atoms with Crippen LogP contribution >= 0.6 is 0 Å². The summed E-state index contributed by atoms with van der Waals surface area (Å²) in [5.41, 5.74) is 0.658. The minimum atomic E-state index is -0.304. The normalized spacial score (nSPS) is 15.8. The van der Waals surface area contributed by atoms with Crippen molar-refractivity contribution in [3.8, 4) is 0 Å². The number of fused-ring (bicyclic) bond motifs is 1. The molecular weight excluding hydrogens is 200 g/mol. The zero-order valence-corrected chi connectivity index (χ0v) is 10.3. The van der Waals surface area contributed by atoms with Gasteiger partial charge >= 0.3 is 5.63 Å². The van der Waals surface area contributed by atoms with Crippen molar-refractivity contribution in [2.24, 2.45) is 5.41 Å². The van der Waals surface area contributed by atoms with E-state index in [2.05, 4.69) is 19.9 Å². The van der Waals surface area contributed by atoms with Gasteiger partial charge in [-0.1, -0.05) is 45.9 Å². The summed E-state index contributed by atoms with van der Waals surface area (Å²) in [7, 11) is 0. The molecule has 1 aliphatic carbocycles. The van der Waals surface area contributed by atoms with E-state index in [1.54, 1.807) is 6.07 Å². The third-order valence-corrected chi connectivity index (χ3v) is 2.25. The molecule has 0 aromatic carbocycles. The van der Waals surface area contributed by atoms with Crippen molar-refractivity contribution in [1.29, 1.82) is 0 Å². The van der Waals surface area contributed by atoms with E-state index in [9.17, 15) is 4.79 Å². The molecule has 16 heavy (non-hydrogen) atoms. The summed E-state index contributed by atoms with van der Waals surface area (Å²) in [4.78, 5) is 11.0. The van der Waals surface area contributed by atoms with Gasteiger partial charge in [-0.05, 0) is 12.1 Å². The Bertz CT molecular complexity index is 462. The van der Waals surface area contributed by atoms with E-state index in [0.717, 1.165) is 5.56 Å². The molecule has 86 valence electrons. The van der Waals surface area contributed by atoms with E-state index in [0.29, 0.717) is 5.76 Å². The highest BCUT2D eigenvalue weighted by Gasteiger charge is 2.13. The van der Waals surface area contributed by atoms with Gasteiger partial charge in [0.05, 0.1) is 0 Å². The summed E-state index contributed by atoms with van der Waals surface area (Å²) in [5.74, 6) is 0.638. The first kappa shape index (κ1) is 12.5. The Morgan fingerprint density at radius 3 is 2.38 bits per heavy atom. The number of hydrogen-bond acceptors (Lipinski definition) is 2. The van der Waals surface area contributed by atoms with E-state index in [-0.39, 0.29) is 11.0 Å². The number of hydrogen-bond donors (Lipinski definition) is 0. The first-order chi connectivity index (χ1) is 7.57. The molecule has 0 unspecified atom stereocenters. The fourth-order valence-electron chi connectivity index (χ4n) is 1.36. The number of rotatable bonds is 0. The molecule has 1 aliphatic rings. The minimum Gasteiger partial charge on any atom is -0.423 e. The van der Waals surface area contributed by atoms with Crippen molar-refractivity contribution in [2.45, 2.75) is 27.7 Å². The average Bonchev–Trinajstić information content (AvgIpc) is 2.41. The first-order valence-corrected chi connectivity index (χ1v) is 5.59. The lowest BCUT2D eigenvalue weighted by molar-refractivity contribution is 0.499. The topological polar surface area (TPSA) is 30.2 Å². The van der Waals surface area contributed by atoms with Crippen molar-refractivity contribution >= 4 is 12.2 Å². The largest absolute Gasteiger partial charge is 0.423 e. The third kappa shape index (κ3) is 2.96. The van der Waals surface area contributed by atoms with Gasteiger partial charge in [0, 0.05) is 17.0 Å². The van der Waals surface area contributed by atoms with Crippen molar-refractivity contribution in [1.82, 2.24) is 0 Å². The van der Waals surface area contributed by atoms with Crippen molar-refractivity contribution < 1.29 is 4.42 Å². The monoisotopic (exact) mass is 218 g/mol. The predicted octanol–water partition coefficient (Wildman–Crippen LogP) is 3.73. The predicted molar refractivity (Wildman–Crippen MR) is 68.2 cm³/mol. The van der Waals surface area contributed by atoms with Gasteiger partial charge in [-0.3, -0.25) is 0 Å². The van der Waals surface area contributed by atoms with Gasteiger partial charge in [0.15, 0.2) is 0 Å². The zero-order chi connectivity index (χ0) is 12.2. The van der Waals surface area contributed by atoms with Gasteiger partial charge in [0.2, 0.25) is 0 Å². The molecule has 0 saturated carbocycles. The van der Waals surface area contributed by atoms with Crippen LogP contribution in [0.25, 0.3) is 12.2 Å². The van der Waals surface area contributed by atoms with E-state index >= 15 is 0 Å². The Hall–Kier alpha value is -1.57. The van der Waals surface area contributed by atoms with Crippen LogP contribution in [0.4, 0.5) is 0 Å². The second-order valence-electron chi connectivity index (χ2n) is 4.06. The van der Waals surface area contributed by atoms with Crippen LogP contribution < -0.4 is 5.63 Å². The molecule has 2 nitrogen and oxygen atoms in total.